The predicted molar refractivity (Wildman–Crippen MR) is 124 cm³/mol. The average Bonchev–Trinajstić information content (AvgIpc) is 2.69. The first-order valence-corrected chi connectivity index (χ1v) is 10.3. The van der Waals surface area contributed by atoms with E-state index in [-0.39, 0.29) is 30.1 Å². The Bertz CT molecular complexity index is 600. The minimum Gasteiger partial charge on any atom is -0.393 e. The molecule has 0 radical (unpaired) electrons. The molecule has 7 heteroatoms. The van der Waals surface area contributed by atoms with E-state index >= 15 is 0 Å². The number of rotatable bonds is 6. The van der Waals surface area contributed by atoms with E-state index in [9.17, 15) is 5.11 Å². The van der Waals surface area contributed by atoms with Crippen LogP contribution in [-0.4, -0.2) is 61.0 Å². The summed E-state index contributed by atoms with van der Waals surface area (Å²) in [6.07, 6.45) is 3.62. The van der Waals surface area contributed by atoms with Crippen LogP contribution in [0.1, 0.15) is 43.7 Å². The van der Waals surface area contributed by atoms with E-state index in [1.807, 2.05) is 0 Å². The number of aliphatic hydroxyl groups excluding tert-OH is 1. The van der Waals surface area contributed by atoms with Crippen LogP contribution in [0.15, 0.2) is 29.3 Å². The van der Waals surface area contributed by atoms with Crippen LogP contribution < -0.4 is 10.6 Å². The molecule has 0 spiro atoms. The van der Waals surface area contributed by atoms with E-state index in [1.165, 1.54) is 11.1 Å². The van der Waals surface area contributed by atoms with Crippen molar-refractivity contribution < 1.29 is 9.84 Å². The number of hydrogen-bond acceptors (Lipinski definition) is 4. The number of halogens is 1. The second-order valence-corrected chi connectivity index (χ2v) is 7.55. The maximum absolute atomic E-state index is 9.68. The Morgan fingerprint density at radius 2 is 1.89 bits per heavy atom. The molecule has 1 aliphatic heterocycles. The number of guanidine groups is 1. The van der Waals surface area contributed by atoms with Crippen molar-refractivity contribution in [3.05, 3.63) is 35.4 Å². The molecule has 28 heavy (non-hydrogen) atoms. The first kappa shape index (κ1) is 23.4. The summed E-state index contributed by atoms with van der Waals surface area (Å²) in [5.41, 5.74) is 2.57. The fourth-order valence-corrected chi connectivity index (χ4v) is 3.75. The van der Waals surface area contributed by atoms with Crippen molar-refractivity contribution in [2.45, 2.75) is 57.8 Å². The van der Waals surface area contributed by atoms with Crippen LogP contribution in [-0.2, 0) is 17.8 Å². The van der Waals surface area contributed by atoms with Crippen molar-refractivity contribution in [1.29, 1.82) is 0 Å². The third-order valence-corrected chi connectivity index (χ3v) is 5.30. The van der Waals surface area contributed by atoms with Crippen molar-refractivity contribution in [3.8, 4) is 0 Å². The lowest BCUT2D eigenvalue weighted by atomic mass is 9.93. The summed E-state index contributed by atoms with van der Waals surface area (Å²) in [5.74, 6) is 0.873. The topological polar surface area (TPSA) is 69.1 Å². The molecule has 1 heterocycles. The lowest BCUT2D eigenvalue weighted by Crippen LogP contribution is -2.45. The molecule has 0 atom stereocenters. The zero-order valence-electron chi connectivity index (χ0n) is 16.9. The van der Waals surface area contributed by atoms with Crippen LogP contribution in [0.25, 0.3) is 0 Å². The van der Waals surface area contributed by atoms with Crippen molar-refractivity contribution in [1.82, 2.24) is 15.5 Å². The molecule has 6 nitrogen and oxygen atoms in total. The third-order valence-electron chi connectivity index (χ3n) is 5.30. The van der Waals surface area contributed by atoms with Crippen LogP contribution >= 0.6 is 24.0 Å². The third kappa shape index (κ3) is 7.85. The molecule has 1 aromatic rings. The number of benzene rings is 1. The highest BCUT2D eigenvalue weighted by molar-refractivity contribution is 14.0. The van der Waals surface area contributed by atoms with Crippen molar-refractivity contribution in [2.24, 2.45) is 4.99 Å². The maximum atomic E-state index is 9.68. The van der Waals surface area contributed by atoms with Gasteiger partial charge in [0.05, 0.1) is 25.9 Å². The smallest absolute Gasteiger partial charge is 0.191 e. The van der Waals surface area contributed by atoms with Gasteiger partial charge in [-0.15, -0.1) is 24.0 Å². The summed E-state index contributed by atoms with van der Waals surface area (Å²) in [6, 6.07) is 9.13. The van der Waals surface area contributed by atoms with Gasteiger partial charge in [-0.1, -0.05) is 24.3 Å². The molecule has 2 fully saturated rings. The van der Waals surface area contributed by atoms with E-state index in [0.717, 1.165) is 71.0 Å². The predicted octanol–water partition coefficient (Wildman–Crippen LogP) is 2.50. The van der Waals surface area contributed by atoms with E-state index in [2.05, 4.69) is 46.7 Å². The first-order chi connectivity index (χ1) is 13.2. The zero-order chi connectivity index (χ0) is 18.9. The molecule has 1 aliphatic carbocycles. The molecule has 0 amide bonds. The summed E-state index contributed by atoms with van der Waals surface area (Å²) in [4.78, 5) is 7.22. The Hall–Kier alpha value is -0.900. The Morgan fingerprint density at radius 1 is 1.18 bits per heavy atom. The van der Waals surface area contributed by atoms with Gasteiger partial charge in [0, 0.05) is 32.2 Å². The Kier molecular flexibility index (Phi) is 10.5. The Balaban J connectivity index is 0.00000280. The number of ether oxygens (including phenoxy) is 1. The highest BCUT2D eigenvalue weighted by Crippen LogP contribution is 2.18. The summed E-state index contributed by atoms with van der Waals surface area (Å²) >= 11 is 0. The fourth-order valence-electron chi connectivity index (χ4n) is 3.75. The van der Waals surface area contributed by atoms with Gasteiger partial charge < -0.3 is 20.5 Å². The minimum absolute atomic E-state index is 0. The van der Waals surface area contributed by atoms with E-state index < -0.39 is 0 Å². The van der Waals surface area contributed by atoms with Crippen LogP contribution in [0.5, 0.6) is 0 Å². The summed E-state index contributed by atoms with van der Waals surface area (Å²) in [6.45, 7) is 8.26. The maximum Gasteiger partial charge on any atom is 0.191 e. The molecule has 0 bridgehead atoms. The highest BCUT2D eigenvalue weighted by Gasteiger charge is 2.20. The number of aliphatic hydroxyl groups is 1. The van der Waals surface area contributed by atoms with Gasteiger partial charge in [-0.2, -0.15) is 0 Å². The zero-order valence-corrected chi connectivity index (χ0v) is 19.2. The van der Waals surface area contributed by atoms with E-state index in [1.54, 1.807) is 0 Å². The summed E-state index contributed by atoms with van der Waals surface area (Å²) in [5, 5.41) is 16.6. The number of morpholine rings is 1. The van der Waals surface area contributed by atoms with Crippen molar-refractivity contribution in [3.63, 3.8) is 0 Å². The number of nitrogens with one attached hydrogen (secondary N) is 2. The molecule has 158 valence electrons. The molecule has 1 aromatic carbocycles. The normalized spacial score (nSPS) is 23.7. The van der Waals surface area contributed by atoms with Crippen LogP contribution in [0.2, 0.25) is 0 Å². The molecule has 2 aliphatic rings. The molecule has 3 rings (SSSR count). The molecule has 0 aromatic heterocycles. The number of hydrogen-bond donors (Lipinski definition) is 3. The van der Waals surface area contributed by atoms with Gasteiger partial charge in [0.1, 0.15) is 0 Å². The summed E-state index contributed by atoms with van der Waals surface area (Å²) in [7, 11) is 0. The Labute approximate surface area is 186 Å². The number of aliphatic imine (C=N–C) groups is 1. The van der Waals surface area contributed by atoms with Gasteiger partial charge in [-0.3, -0.25) is 4.90 Å². The van der Waals surface area contributed by atoms with Crippen LogP contribution in [0.3, 0.4) is 0 Å². The average molecular weight is 502 g/mol. The SMILES string of the molecule is CCNC(=NCc1cccc(CN2CCOCC2)c1)NC1CCC(O)CC1.I. The molecule has 1 saturated carbocycles. The second-order valence-electron chi connectivity index (χ2n) is 7.55. The molecule has 3 N–H and O–H groups in total. The van der Waals surface area contributed by atoms with E-state index in [0.29, 0.717) is 12.6 Å². The first-order valence-electron chi connectivity index (χ1n) is 10.3. The molecule has 0 unspecified atom stereocenters. The van der Waals surface area contributed by atoms with Crippen LogP contribution in [0.4, 0.5) is 0 Å². The molecular formula is C21H35IN4O2. The van der Waals surface area contributed by atoms with Crippen molar-refractivity contribution >= 4 is 29.9 Å². The fraction of sp³-hybridized carbons (Fsp3) is 0.667. The molecular weight excluding hydrogens is 467 g/mol. The molecule has 1 saturated heterocycles. The monoisotopic (exact) mass is 502 g/mol. The Morgan fingerprint density at radius 3 is 2.61 bits per heavy atom. The van der Waals surface area contributed by atoms with Gasteiger partial charge in [0.25, 0.3) is 0 Å². The number of nitrogens with zero attached hydrogens (tertiary/aromatic N) is 2. The minimum atomic E-state index is -0.128. The standard InChI is InChI=1S/C21H34N4O2.HI/c1-2-22-21(24-19-6-8-20(26)9-7-19)23-15-17-4-3-5-18(14-17)16-25-10-12-27-13-11-25;/h3-5,14,19-20,26H,2,6-13,15-16H2,1H3,(H2,22,23,24);1H. The van der Waals surface area contributed by atoms with Crippen LogP contribution in [0, 0.1) is 0 Å². The van der Waals surface area contributed by atoms with Gasteiger partial charge in [0.2, 0.25) is 0 Å². The van der Waals surface area contributed by atoms with Gasteiger partial charge >= 0.3 is 0 Å². The lowest BCUT2D eigenvalue weighted by molar-refractivity contribution is 0.0342. The van der Waals surface area contributed by atoms with Gasteiger partial charge in [0.15, 0.2) is 5.96 Å². The second kappa shape index (κ2) is 12.6. The highest BCUT2D eigenvalue weighted by atomic mass is 127. The summed E-state index contributed by atoms with van der Waals surface area (Å²) < 4.78 is 5.43. The van der Waals surface area contributed by atoms with Crippen molar-refractivity contribution in [2.75, 3.05) is 32.8 Å². The van der Waals surface area contributed by atoms with Gasteiger partial charge in [-0.25, -0.2) is 4.99 Å². The largest absolute Gasteiger partial charge is 0.393 e. The van der Waals surface area contributed by atoms with Gasteiger partial charge in [-0.05, 0) is 43.7 Å². The lowest BCUT2D eigenvalue weighted by Gasteiger charge is -2.27. The quantitative estimate of drug-likeness (QED) is 0.317. The van der Waals surface area contributed by atoms with E-state index in [4.69, 9.17) is 9.73 Å².